The molecule has 0 amide bonds. The molecule has 6 heteroatoms. The fraction of sp³-hybridized carbons (Fsp3) is 0.118. The fourth-order valence-electron chi connectivity index (χ4n) is 2.43. The molecule has 0 spiro atoms. The van der Waals surface area contributed by atoms with Crippen molar-refractivity contribution in [1.29, 1.82) is 0 Å². The van der Waals surface area contributed by atoms with Crippen LogP contribution in [0.25, 0.3) is 0 Å². The van der Waals surface area contributed by atoms with Crippen LogP contribution in [0.4, 0.5) is 18.9 Å². The van der Waals surface area contributed by atoms with Gasteiger partial charge in [-0.25, -0.2) is 0 Å². The summed E-state index contributed by atoms with van der Waals surface area (Å²) in [4.78, 5) is 28.2. The van der Waals surface area contributed by atoms with Gasteiger partial charge in [-0.15, -0.1) is 0 Å². The second kappa shape index (κ2) is 5.46. The predicted octanol–water partition coefficient (Wildman–Crippen LogP) is 4.10. The molecule has 23 heavy (non-hydrogen) atoms. The first-order chi connectivity index (χ1) is 10.9. The van der Waals surface area contributed by atoms with E-state index in [1.807, 2.05) is 0 Å². The minimum Gasteiger partial charge on any atom is -0.293 e. The van der Waals surface area contributed by atoms with E-state index in [2.05, 4.69) is 4.99 Å². The van der Waals surface area contributed by atoms with Gasteiger partial charge in [0.2, 0.25) is 0 Å². The Hall–Kier alpha value is -2.76. The highest BCUT2D eigenvalue weighted by Crippen LogP contribution is 2.32. The van der Waals surface area contributed by atoms with E-state index in [1.54, 1.807) is 24.3 Å². The van der Waals surface area contributed by atoms with Crippen molar-refractivity contribution in [3.05, 3.63) is 65.2 Å². The number of rotatable bonds is 2. The molecular formula is C17H10F3NO2. The molecule has 2 aromatic rings. The Balaban J connectivity index is 1.88. The summed E-state index contributed by atoms with van der Waals surface area (Å²) < 4.78 is 38.0. The molecule has 116 valence electrons. The van der Waals surface area contributed by atoms with Gasteiger partial charge in [-0.05, 0) is 18.2 Å². The lowest BCUT2D eigenvalue weighted by Crippen LogP contribution is -2.16. The summed E-state index contributed by atoms with van der Waals surface area (Å²) in [6.45, 7) is 0. The van der Waals surface area contributed by atoms with Crippen molar-refractivity contribution in [2.24, 2.45) is 10.9 Å². The molecule has 1 aliphatic carbocycles. The van der Waals surface area contributed by atoms with Gasteiger partial charge in [-0.1, -0.05) is 30.3 Å². The van der Waals surface area contributed by atoms with Gasteiger partial charge < -0.3 is 0 Å². The lowest BCUT2D eigenvalue weighted by molar-refractivity contribution is -0.137. The summed E-state index contributed by atoms with van der Waals surface area (Å²) in [7, 11) is 0. The SMILES string of the molecule is O=C1c2ccccc2C(=O)C1C=Nc1cccc(C(F)(F)F)c1. The zero-order chi connectivity index (χ0) is 16.6. The first-order valence-electron chi connectivity index (χ1n) is 6.77. The highest BCUT2D eigenvalue weighted by molar-refractivity contribution is 6.33. The molecule has 0 saturated carbocycles. The van der Waals surface area contributed by atoms with Gasteiger partial charge in [-0.2, -0.15) is 13.2 Å². The van der Waals surface area contributed by atoms with Crippen LogP contribution < -0.4 is 0 Å². The number of nitrogens with zero attached hydrogens (tertiary/aromatic N) is 1. The number of alkyl halides is 3. The molecular weight excluding hydrogens is 307 g/mol. The van der Waals surface area contributed by atoms with Crippen LogP contribution in [0.1, 0.15) is 26.3 Å². The number of hydrogen-bond acceptors (Lipinski definition) is 3. The summed E-state index contributed by atoms with van der Waals surface area (Å²) in [6, 6.07) is 10.8. The molecule has 3 nitrogen and oxygen atoms in total. The van der Waals surface area contributed by atoms with Gasteiger partial charge in [0.05, 0.1) is 11.3 Å². The Morgan fingerprint density at radius 3 is 2.09 bits per heavy atom. The number of benzene rings is 2. The predicted molar refractivity (Wildman–Crippen MR) is 78.2 cm³/mol. The molecule has 0 fully saturated rings. The van der Waals surface area contributed by atoms with Crippen LogP contribution in [0.3, 0.4) is 0 Å². The van der Waals surface area contributed by atoms with Crippen molar-refractivity contribution in [3.63, 3.8) is 0 Å². The molecule has 1 aliphatic rings. The molecule has 0 aromatic heterocycles. The average Bonchev–Trinajstić information content (AvgIpc) is 2.77. The van der Waals surface area contributed by atoms with E-state index in [9.17, 15) is 22.8 Å². The van der Waals surface area contributed by atoms with Crippen molar-refractivity contribution >= 4 is 23.5 Å². The second-order valence-electron chi connectivity index (χ2n) is 5.08. The van der Waals surface area contributed by atoms with E-state index >= 15 is 0 Å². The van der Waals surface area contributed by atoms with Gasteiger partial charge in [0.1, 0.15) is 5.92 Å². The number of hydrogen-bond donors (Lipinski definition) is 0. The maximum atomic E-state index is 12.7. The lowest BCUT2D eigenvalue weighted by atomic mass is 10.1. The Morgan fingerprint density at radius 1 is 0.913 bits per heavy atom. The van der Waals surface area contributed by atoms with E-state index < -0.39 is 17.7 Å². The minimum atomic E-state index is -4.47. The Kier molecular flexibility index (Phi) is 3.60. The third-order valence-electron chi connectivity index (χ3n) is 3.57. The van der Waals surface area contributed by atoms with Crippen LogP contribution in [0, 0.1) is 5.92 Å². The highest BCUT2D eigenvalue weighted by Gasteiger charge is 2.37. The van der Waals surface area contributed by atoms with Crippen molar-refractivity contribution in [3.8, 4) is 0 Å². The smallest absolute Gasteiger partial charge is 0.293 e. The first kappa shape index (κ1) is 15.1. The van der Waals surface area contributed by atoms with Crippen LogP contribution in [0.2, 0.25) is 0 Å². The lowest BCUT2D eigenvalue weighted by Gasteiger charge is -2.06. The molecule has 3 rings (SSSR count). The maximum Gasteiger partial charge on any atom is 0.416 e. The third-order valence-corrected chi connectivity index (χ3v) is 3.57. The zero-order valence-corrected chi connectivity index (χ0v) is 11.7. The summed E-state index contributed by atoms with van der Waals surface area (Å²) >= 11 is 0. The van der Waals surface area contributed by atoms with Gasteiger partial charge in [-0.3, -0.25) is 14.6 Å². The summed E-state index contributed by atoms with van der Waals surface area (Å²) in [5.41, 5.74) is -0.160. The minimum absolute atomic E-state index is 0.0383. The van der Waals surface area contributed by atoms with Crippen LogP contribution >= 0.6 is 0 Å². The van der Waals surface area contributed by atoms with Crippen molar-refractivity contribution < 1.29 is 22.8 Å². The van der Waals surface area contributed by atoms with Gasteiger partial charge in [0, 0.05) is 17.3 Å². The summed E-state index contributed by atoms with van der Waals surface area (Å²) in [5.74, 6) is -1.86. The monoisotopic (exact) mass is 317 g/mol. The average molecular weight is 317 g/mol. The van der Waals surface area contributed by atoms with E-state index in [1.165, 1.54) is 12.1 Å². The van der Waals surface area contributed by atoms with Gasteiger partial charge in [0.25, 0.3) is 0 Å². The molecule has 0 aliphatic heterocycles. The number of Topliss-reactive ketones (excluding diaryl/α,β-unsaturated/α-hetero) is 2. The summed E-state index contributed by atoms with van der Waals surface area (Å²) in [6.07, 6.45) is -3.36. The molecule has 0 unspecified atom stereocenters. The van der Waals surface area contributed by atoms with E-state index in [4.69, 9.17) is 0 Å². The Morgan fingerprint density at radius 2 is 1.52 bits per heavy atom. The molecule has 0 radical (unpaired) electrons. The van der Waals surface area contributed by atoms with E-state index in [-0.39, 0.29) is 17.3 Å². The molecule has 0 N–H and O–H groups in total. The van der Waals surface area contributed by atoms with E-state index in [0.29, 0.717) is 11.1 Å². The van der Waals surface area contributed by atoms with Crippen LogP contribution in [0.15, 0.2) is 53.5 Å². The summed E-state index contributed by atoms with van der Waals surface area (Å²) in [5, 5.41) is 0. The maximum absolute atomic E-state index is 12.7. The highest BCUT2D eigenvalue weighted by atomic mass is 19.4. The molecule has 2 aromatic carbocycles. The number of aliphatic imine (C=N–C) groups is 1. The number of fused-ring (bicyclic) bond motifs is 1. The first-order valence-corrected chi connectivity index (χ1v) is 6.77. The van der Waals surface area contributed by atoms with E-state index in [0.717, 1.165) is 18.3 Å². The van der Waals surface area contributed by atoms with Crippen LogP contribution in [-0.2, 0) is 6.18 Å². The molecule has 0 bridgehead atoms. The zero-order valence-electron chi connectivity index (χ0n) is 11.7. The fourth-order valence-corrected chi connectivity index (χ4v) is 2.43. The Labute approximate surface area is 129 Å². The molecule has 0 heterocycles. The molecule has 0 saturated heterocycles. The van der Waals surface area contributed by atoms with Crippen LogP contribution in [-0.4, -0.2) is 17.8 Å². The molecule has 0 atom stereocenters. The number of halogens is 3. The van der Waals surface area contributed by atoms with Gasteiger partial charge in [0.15, 0.2) is 11.6 Å². The number of carbonyl (C=O) groups is 2. The van der Waals surface area contributed by atoms with Crippen molar-refractivity contribution in [2.75, 3.05) is 0 Å². The largest absolute Gasteiger partial charge is 0.416 e. The number of carbonyl (C=O) groups excluding carboxylic acids is 2. The quantitative estimate of drug-likeness (QED) is 0.618. The standard InChI is InChI=1S/C17H10F3NO2/c18-17(19,20)10-4-3-5-11(8-10)21-9-14-15(22)12-6-1-2-7-13(12)16(14)23/h1-9,14H. The topological polar surface area (TPSA) is 46.5 Å². The van der Waals surface area contributed by atoms with Crippen LogP contribution in [0.5, 0.6) is 0 Å². The Bertz CT molecular complexity index is 790. The van der Waals surface area contributed by atoms with Gasteiger partial charge >= 0.3 is 6.18 Å². The second-order valence-corrected chi connectivity index (χ2v) is 5.08. The number of ketones is 2. The van der Waals surface area contributed by atoms with Crippen molar-refractivity contribution in [2.45, 2.75) is 6.18 Å². The third kappa shape index (κ3) is 2.79. The van der Waals surface area contributed by atoms with Crippen molar-refractivity contribution in [1.82, 2.24) is 0 Å². The normalized spacial score (nSPS) is 15.4.